The van der Waals surface area contributed by atoms with Crippen molar-refractivity contribution in [1.29, 1.82) is 0 Å². The summed E-state index contributed by atoms with van der Waals surface area (Å²) in [5.74, 6) is 1.80. The van der Waals surface area contributed by atoms with Gasteiger partial charge in [-0.2, -0.15) is 0 Å². The summed E-state index contributed by atoms with van der Waals surface area (Å²) in [6, 6.07) is 8.36. The van der Waals surface area contributed by atoms with Gasteiger partial charge in [-0.05, 0) is 25.6 Å². The number of nitrogens with zero attached hydrogens (tertiary/aromatic N) is 1. The van der Waals surface area contributed by atoms with Crippen molar-refractivity contribution in [3.63, 3.8) is 0 Å². The predicted molar refractivity (Wildman–Crippen MR) is 89.4 cm³/mol. The smallest absolute Gasteiger partial charge is 0.134 e. The van der Waals surface area contributed by atoms with Gasteiger partial charge in [0.2, 0.25) is 0 Å². The van der Waals surface area contributed by atoms with Crippen LogP contribution in [0.25, 0.3) is 11.0 Å². The Kier molecular flexibility index (Phi) is 5.83. The van der Waals surface area contributed by atoms with E-state index in [-0.39, 0.29) is 0 Å². The van der Waals surface area contributed by atoms with Crippen molar-refractivity contribution in [2.75, 3.05) is 20.1 Å². The van der Waals surface area contributed by atoms with Crippen LogP contribution < -0.4 is 5.32 Å². The Morgan fingerprint density at radius 1 is 1.24 bits per heavy atom. The topological polar surface area (TPSA) is 28.4 Å². The highest BCUT2D eigenvalue weighted by Crippen LogP contribution is 2.27. The summed E-state index contributed by atoms with van der Waals surface area (Å²) < 4.78 is 6.03. The van der Waals surface area contributed by atoms with E-state index in [9.17, 15) is 0 Å². The molecule has 3 nitrogen and oxygen atoms in total. The number of benzene rings is 1. The Hall–Kier alpha value is -1.32. The van der Waals surface area contributed by atoms with Gasteiger partial charge in [0, 0.05) is 24.0 Å². The number of rotatable bonds is 8. The molecule has 2 rings (SSSR count). The minimum atomic E-state index is 0.732. The average Bonchev–Trinajstić information content (AvgIpc) is 2.84. The zero-order valence-electron chi connectivity index (χ0n) is 13.8. The van der Waals surface area contributed by atoms with E-state index in [1.165, 1.54) is 17.4 Å². The lowest BCUT2D eigenvalue weighted by Gasteiger charge is -2.23. The first-order valence-corrected chi connectivity index (χ1v) is 8.05. The molecule has 0 aliphatic rings. The van der Waals surface area contributed by atoms with Gasteiger partial charge in [0.1, 0.15) is 11.3 Å². The van der Waals surface area contributed by atoms with Crippen LogP contribution >= 0.6 is 0 Å². The first-order valence-electron chi connectivity index (χ1n) is 8.05. The second-order valence-corrected chi connectivity index (χ2v) is 5.87. The average molecular weight is 288 g/mol. The molecule has 0 radical (unpaired) electrons. The first-order chi connectivity index (χ1) is 10.2. The summed E-state index contributed by atoms with van der Waals surface area (Å²) in [6.45, 7) is 10.8. The van der Waals surface area contributed by atoms with Crippen molar-refractivity contribution in [1.82, 2.24) is 10.2 Å². The molecule has 0 amide bonds. The van der Waals surface area contributed by atoms with Crippen LogP contribution in [0, 0.1) is 5.92 Å². The number of para-hydroxylation sites is 1. The lowest BCUT2D eigenvalue weighted by Crippen LogP contribution is -2.28. The maximum atomic E-state index is 6.03. The Labute approximate surface area is 128 Å². The lowest BCUT2D eigenvalue weighted by atomic mass is 10.1. The SMILES string of the molecule is CCC(C)CN(CC)Cc1c(CNC)oc2ccccc12. The van der Waals surface area contributed by atoms with Crippen molar-refractivity contribution in [2.45, 2.75) is 40.3 Å². The monoisotopic (exact) mass is 288 g/mol. The minimum Gasteiger partial charge on any atom is -0.459 e. The molecule has 1 aromatic heterocycles. The summed E-state index contributed by atoms with van der Waals surface area (Å²) >= 11 is 0. The fraction of sp³-hybridized carbons (Fsp3) is 0.556. The van der Waals surface area contributed by atoms with Gasteiger partial charge in [-0.3, -0.25) is 4.90 Å². The molecule has 0 fully saturated rings. The Balaban J connectivity index is 2.28. The van der Waals surface area contributed by atoms with E-state index < -0.39 is 0 Å². The van der Waals surface area contributed by atoms with E-state index in [2.05, 4.69) is 49.2 Å². The largest absolute Gasteiger partial charge is 0.459 e. The van der Waals surface area contributed by atoms with Crippen molar-refractivity contribution in [3.8, 4) is 0 Å². The molecule has 1 unspecified atom stereocenters. The molecule has 1 N–H and O–H groups in total. The van der Waals surface area contributed by atoms with Crippen LogP contribution in [0.4, 0.5) is 0 Å². The van der Waals surface area contributed by atoms with E-state index in [0.29, 0.717) is 0 Å². The third-order valence-electron chi connectivity index (χ3n) is 4.21. The van der Waals surface area contributed by atoms with Gasteiger partial charge < -0.3 is 9.73 Å². The van der Waals surface area contributed by atoms with Gasteiger partial charge in [0.15, 0.2) is 0 Å². The van der Waals surface area contributed by atoms with E-state index >= 15 is 0 Å². The normalized spacial score (nSPS) is 13.2. The summed E-state index contributed by atoms with van der Waals surface area (Å²) in [6.07, 6.45) is 1.23. The van der Waals surface area contributed by atoms with Crippen molar-refractivity contribution in [3.05, 3.63) is 35.6 Å². The van der Waals surface area contributed by atoms with Crippen molar-refractivity contribution in [2.24, 2.45) is 5.92 Å². The standard InChI is InChI=1S/C18H28N2O/c1-5-14(3)12-20(6-2)13-16-15-9-7-8-10-17(15)21-18(16)11-19-4/h7-10,14,19H,5-6,11-13H2,1-4H3. The number of hydrogen-bond donors (Lipinski definition) is 1. The fourth-order valence-electron chi connectivity index (χ4n) is 2.73. The fourth-order valence-corrected chi connectivity index (χ4v) is 2.73. The molecule has 3 heteroatoms. The van der Waals surface area contributed by atoms with Crippen molar-refractivity contribution >= 4 is 11.0 Å². The van der Waals surface area contributed by atoms with E-state index in [1.54, 1.807) is 0 Å². The van der Waals surface area contributed by atoms with E-state index in [4.69, 9.17) is 4.42 Å². The number of hydrogen-bond acceptors (Lipinski definition) is 3. The van der Waals surface area contributed by atoms with Crippen LogP contribution in [0.2, 0.25) is 0 Å². The lowest BCUT2D eigenvalue weighted by molar-refractivity contribution is 0.237. The molecule has 0 saturated heterocycles. The summed E-state index contributed by atoms with van der Waals surface area (Å²) in [5.41, 5.74) is 2.34. The third-order valence-corrected chi connectivity index (χ3v) is 4.21. The van der Waals surface area contributed by atoms with Crippen LogP contribution in [-0.4, -0.2) is 25.0 Å². The van der Waals surface area contributed by atoms with E-state index in [0.717, 1.165) is 43.4 Å². The zero-order valence-corrected chi connectivity index (χ0v) is 13.8. The van der Waals surface area contributed by atoms with E-state index in [1.807, 2.05) is 13.1 Å². The molecule has 1 atom stereocenters. The molecular weight excluding hydrogens is 260 g/mol. The van der Waals surface area contributed by atoms with Crippen LogP contribution in [0.3, 0.4) is 0 Å². The van der Waals surface area contributed by atoms with Gasteiger partial charge in [0.25, 0.3) is 0 Å². The Morgan fingerprint density at radius 2 is 2.00 bits per heavy atom. The highest BCUT2D eigenvalue weighted by atomic mass is 16.3. The second kappa shape index (κ2) is 7.62. The Bertz CT molecular complexity index is 561. The molecular formula is C18H28N2O. The highest BCUT2D eigenvalue weighted by Gasteiger charge is 2.16. The molecule has 0 aliphatic heterocycles. The molecule has 2 aromatic rings. The molecule has 0 saturated carbocycles. The van der Waals surface area contributed by atoms with Crippen LogP contribution in [-0.2, 0) is 13.1 Å². The van der Waals surface area contributed by atoms with Crippen LogP contribution in [0.1, 0.15) is 38.5 Å². The van der Waals surface area contributed by atoms with Crippen molar-refractivity contribution < 1.29 is 4.42 Å². The van der Waals surface area contributed by atoms with Crippen LogP contribution in [0.5, 0.6) is 0 Å². The quantitative estimate of drug-likeness (QED) is 0.795. The minimum absolute atomic E-state index is 0.732. The Morgan fingerprint density at radius 3 is 2.67 bits per heavy atom. The highest BCUT2D eigenvalue weighted by molar-refractivity contribution is 5.82. The van der Waals surface area contributed by atoms with Gasteiger partial charge in [-0.1, -0.05) is 45.4 Å². The zero-order chi connectivity index (χ0) is 15.2. The van der Waals surface area contributed by atoms with Gasteiger partial charge in [0.05, 0.1) is 6.54 Å². The number of nitrogens with one attached hydrogen (secondary N) is 1. The number of furan rings is 1. The molecule has 116 valence electrons. The summed E-state index contributed by atoms with van der Waals surface area (Å²) in [4.78, 5) is 2.52. The van der Waals surface area contributed by atoms with Gasteiger partial charge >= 0.3 is 0 Å². The first kappa shape index (κ1) is 16.1. The molecule has 1 heterocycles. The molecule has 0 spiro atoms. The molecule has 0 aliphatic carbocycles. The summed E-state index contributed by atoms with van der Waals surface area (Å²) in [5, 5.41) is 4.47. The van der Waals surface area contributed by atoms with Gasteiger partial charge in [-0.25, -0.2) is 0 Å². The predicted octanol–water partition coefficient (Wildman–Crippen LogP) is 4.02. The third kappa shape index (κ3) is 3.86. The van der Waals surface area contributed by atoms with Crippen LogP contribution in [0.15, 0.2) is 28.7 Å². The number of fused-ring (bicyclic) bond motifs is 1. The molecule has 21 heavy (non-hydrogen) atoms. The second-order valence-electron chi connectivity index (χ2n) is 5.87. The van der Waals surface area contributed by atoms with Gasteiger partial charge in [-0.15, -0.1) is 0 Å². The maximum absolute atomic E-state index is 6.03. The summed E-state index contributed by atoms with van der Waals surface area (Å²) in [7, 11) is 1.97. The maximum Gasteiger partial charge on any atom is 0.134 e. The molecule has 1 aromatic carbocycles. The molecule has 0 bridgehead atoms.